The molecule has 1 atom stereocenters. The molecule has 0 aliphatic carbocycles. The Morgan fingerprint density at radius 3 is 2.12 bits per heavy atom. The van der Waals surface area contributed by atoms with Crippen LogP contribution in [0, 0.1) is 0 Å². The fourth-order valence-electron chi connectivity index (χ4n) is 2.11. The highest BCUT2D eigenvalue weighted by molar-refractivity contribution is 7.82. The summed E-state index contributed by atoms with van der Waals surface area (Å²) in [6.07, 6.45) is 0.763. The van der Waals surface area contributed by atoms with E-state index in [1.54, 1.807) is 11.8 Å². The Morgan fingerprint density at radius 2 is 1.81 bits per heavy atom. The van der Waals surface area contributed by atoms with Crippen molar-refractivity contribution in [2.75, 3.05) is 6.54 Å². The number of thiol groups is 1. The first-order valence-electron chi connectivity index (χ1n) is 5.52. The van der Waals surface area contributed by atoms with E-state index in [0.717, 1.165) is 6.42 Å². The predicted octanol–water partition coefficient (Wildman–Crippen LogP) is 2.11. The van der Waals surface area contributed by atoms with Crippen molar-refractivity contribution >= 4 is 24.6 Å². The molecule has 1 aliphatic heterocycles. The van der Waals surface area contributed by atoms with Crippen LogP contribution in [0.1, 0.15) is 41.0 Å². The topological polar surface area (TPSA) is 40.6 Å². The molecule has 1 saturated heterocycles. The largest absolute Gasteiger partial charge is 0.328 e. The van der Waals surface area contributed by atoms with Crippen LogP contribution in [0.2, 0.25) is 0 Å². The highest BCUT2D eigenvalue weighted by Crippen LogP contribution is 2.37. The van der Waals surface area contributed by atoms with Gasteiger partial charge in [0.05, 0.1) is 0 Å². The molecular weight excluding hydrogens is 224 g/mol. The molecule has 0 saturated carbocycles. The zero-order valence-corrected chi connectivity index (χ0v) is 11.5. The van der Waals surface area contributed by atoms with Gasteiger partial charge in [0.25, 0.3) is 5.91 Å². The van der Waals surface area contributed by atoms with Gasteiger partial charge in [0.15, 0.2) is 4.87 Å². The summed E-state index contributed by atoms with van der Waals surface area (Å²) in [5, 5.41) is 0. The monoisotopic (exact) mass is 244 g/mol. The van der Waals surface area contributed by atoms with Gasteiger partial charge in [-0.25, -0.2) is 4.79 Å². The second-order valence-electron chi connectivity index (χ2n) is 5.27. The van der Waals surface area contributed by atoms with E-state index in [1.165, 1.54) is 4.90 Å². The minimum absolute atomic E-state index is 0.224. The molecule has 0 aromatic carbocycles. The third kappa shape index (κ3) is 1.93. The molecule has 1 unspecified atom stereocenters. The van der Waals surface area contributed by atoms with Crippen molar-refractivity contribution in [3.05, 3.63) is 0 Å². The maximum absolute atomic E-state index is 12.2. The van der Waals surface area contributed by atoms with Crippen molar-refractivity contribution in [2.24, 2.45) is 0 Å². The number of rotatable bonds is 2. The van der Waals surface area contributed by atoms with Crippen LogP contribution >= 0.6 is 12.6 Å². The number of imide groups is 1. The molecule has 0 aromatic heterocycles. The summed E-state index contributed by atoms with van der Waals surface area (Å²) in [4.78, 5) is 26.0. The first kappa shape index (κ1) is 13.4. The molecule has 1 heterocycles. The molecule has 3 amide bonds. The molecule has 1 aliphatic rings. The SMILES string of the molecule is CCCN1C(=O)N(C(C)(C)C)C(C)(S)C1=O. The average Bonchev–Trinajstić information content (AvgIpc) is 2.24. The van der Waals surface area contributed by atoms with E-state index < -0.39 is 10.4 Å². The second-order valence-corrected chi connectivity index (χ2v) is 6.14. The van der Waals surface area contributed by atoms with Crippen molar-refractivity contribution in [2.45, 2.75) is 51.4 Å². The molecule has 1 rings (SSSR count). The molecule has 1 fully saturated rings. The summed E-state index contributed by atoms with van der Waals surface area (Å²) in [6.45, 7) is 9.79. The maximum atomic E-state index is 12.2. The summed E-state index contributed by atoms with van der Waals surface area (Å²) in [7, 11) is 0. The summed E-state index contributed by atoms with van der Waals surface area (Å²) in [6, 6.07) is -0.239. The Labute approximate surface area is 102 Å². The van der Waals surface area contributed by atoms with Crippen molar-refractivity contribution < 1.29 is 9.59 Å². The van der Waals surface area contributed by atoms with Gasteiger partial charge >= 0.3 is 6.03 Å². The van der Waals surface area contributed by atoms with E-state index in [-0.39, 0.29) is 11.9 Å². The normalized spacial score (nSPS) is 26.9. The van der Waals surface area contributed by atoms with E-state index in [2.05, 4.69) is 12.6 Å². The van der Waals surface area contributed by atoms with E-state index in [4.69, 9.17) is 0 Å². The van der Waals surface area contributed by atoms with Crippen LogP contribution in [0.4, 0.5) is 4.79 Å². The van der Waals surface area contributed by atoms with Crippen LogP contribution in [-0.2, 0) is 4.79 Å². The first-order chi connectivity index (χ1) is 7.14. The molecule has 4 nitrogen and oxygen atoms in total. The maximum Gasteiger partial charge on any atom is 0.328 e. The molecule has 0 radical (unpaired) electrons. The number of hydrogen-bond acceptors (Lipinski definition) is 3. The average molecular weight is 244 g/mol. The highest BCUT2D eigenvalue weighted by atomic mass is 32.1. The van der Waals surface area contributed by atoms with Gasteiger partial charge in [0, 0.05) is 12.1 Å². The number of amides is 3. The van der Waals surface area contributed by atoms with Crippen LogP contribution in [0.3, 0.4) is 0 Å². The lowest BCUT2D eigenvalue weighted by atomic mass is 10.0. The summed E-state index contributed by atoms with van der Waals surface area (Å²) < 4.78 is 0. The standard InChI is InChI=1S/C11H20N2O2S/c1-6-7-12-8(14)11(5,16)13(9(12)15)10(2,3)4/h16H,6-7H2,1-5H3. The van der Waals surface area contributed by atoms with E-state index >= 15 is 0 Å². The number of carbonyl (C=O) groups excluding carboxylic acids is 2. The zero-order chi connectivity index (χ0) is 12.7. The lowest BCUT2D eigenvalue weighted by Gasteiger charge is -2.38. The number of urea groups is 1. The molecule has 92 valence electrons. The molecule has 0 spiro atoms. The molecular formula is C11H20N2O2S. The van der Waals surface area contributed by atoms with Gasteiger partial charge in [-0.05, 0) is 34.1 Å². The van der Waals surface area contributed by atoms with Crippen LogP contribution in [-0.4, -0.2) is 38.7 Å². The molecule has 16 heavy (non-hydrogen) atoms. The van der Waals surface area contributed by atoms with E-state index in [1.807, 2.05) is 27.7 Å². The summed E-state index contributed by atoms with van der Waals surface area (Å²) >= 11 is 4.36. The number of carbonyl (C=O) groups is 2. The van der Waals surface area contributed by atoms with E-state index in [0.29, 0.717) is 6.54 Å². The van der Waals surface area contributed by atoms with Gasteiger partial charge in [-0.1, -0.05) is 6.92 Å². The van der Waals surface area contributed by atoms with Crippen LogP contribution in [0.15, 0.2) is 0 Å². The van der Waals surface area contributed by atoms with Gasteiger partial charge in [0.1, 0.15) is 0 Å². The molecule has 0 bridgehead atoms. The fourth-order valence-corrected chi connectivity index (χ4v) is 2.61. The first-order valence-corrected chi connectivity index (χ1v) is 5.97. The summed E-state index contributed by atoms with van der Waals surface area (Å²) in [5.41, 5.74) is -0.411. The van der Waals surface area contributed by atoms with Crippen molar-refractivity contribution in [3.63, 3.8) is 0 Å². The van der Waals surface area contributed by atoms with E-state index in [9.17, 15) is 9.59 Å². The van der Waals surface area contributed by atoms with Gasteiger partial charge in [-0.2, -0.15) is 0 Å². The zero-order valence-electron chi connectivity index (χ0n) is 10.6. The lowest BCUT2D eigenvalue weighted by molar-refractivity contribution is -0.129. The van der Waals surface area contributed by atoms with Gasteiger partial charge in [0.2, 0.25) is 0 Å². The summed E-state index contributed by atoms with van der Waals surface area (Å²) in [5.74, 6) is -0.224. The van der Waals surface area contributed by atoms with Crippen molar-refractivity contribution in [1.29, 1.82) is 0 Å². The third-order valence-corrected chi connectivity index (χ3v) is 3.02. The Kier molecular flexibility index (Phi) is 3.29. The smallest absolute Gasteiger partial charge is 0.296 e. The second kappa shape index (κ2) is 3.95. The Balaban J connectivity index is 3.13. The van der Waals surface area contributed by atoms with Crippen LogP contribution in [0.5, 0.6) is 0 Å². The Morgan fingerprint density at radius 1 is 1.31 bits per heavy atom. The molecule has 0 aromatic rings. The highest BCUT2D eigenvalue weighted by Gasteiger charge is 2.55. The van der Waals surface area contributed by atoms with Crippen molar-refractivity contribution in [3.8, 4) is 0 Å². The van der Waals surface area contributed by atoms with Crippen LogP contribution in [0.25, 0.3) is 0 Å². The number of nitrogens with zero attached hydrogens (tertiary/aromatic N) is 2. The van der Waals surface area contributed by atoms with Crippen LogP contribution < -0.4 is 0 Å². The fraction of sp³-hybridized carbons (Fsp3) is 0.818. The lowest BCUT2D eigenvalue weighted by Crippen LogP contribution is -2.52. The predicted molar refractivity (Wildman–Crippen MR) is 66.4 cm³/mol. The Bertz CT molecular complexity index is 320. The minimum atomic E-state index is -1.04. The Hall–Kier alpha value is -0.710. The van der Waals surface area contributed by atoms with Crippen molar-refractivity contribution in [1.82, 2.24) is 9.80 Å². The minimum Gasteiger partial charge on any atom is -0.296 e. The quantitative estimate of drug-likeness (QED) is 0.597. The van der Waals surface area contributed by atoms with Gasteiger partial charge in [-0.15, -0.1) is 12.6 Å². The van der Waals surface area contributed by atoms with Gasteiger partial charge in [-0.3, -0.25) is 14.6 Å². The number of hydrogen-bond donors (Lipinski definition) is 1. The molecule has 5 heteroatoms. The van der Waals surface area contributed by atoms with Gasteiger partial charge < -0.3 is 0 Å². The third-order valence-electron chi connectivity index (χ3n) is 2.63. The molecule has 0 N–H and O–H groups in total.